The summed E-state index contributed by atoms with van der Waals surface area (Å²) in [7, 11) is -3.64. The number of rotatable bonds is 6. The minimum atomic E-state index is -3.64. The van der Waals surface area contributed by atoms with E-state index in [9.17, 15) is 13.2 Å². The molecule has 3 rings (SSSR count). The minimum Gasteiger partial charge on any atom is -0.381 e. The largest absolute Gasteiger partial charge is 0.381 e. The van der Waals surface area contributed by atoms with Crippen LogP contribution in [0.2, 0.25) is 0 Å². The Kier molecular flexibility index (Phi) is 5.18. The van der Waals surface area contributed by atoms with Gasteiger partial charge in [0.2, 0.25) is 11.8 Å². The smallest absolute Gasteiger partial charge is 0.247 e. The third-order valence-electron chi connectivity index (χ3n) is 5.88. The first-order valence-electron chi connectivity index (χ1n) is 9.23. The van der Waals surface area contributed by atoms with Gasteiger partial charge in [-0.25, -0.2) is 8.42 Å². The molecule has 1 aromatic rings. The summed E-state index contributed by atoms with van der Waals surface area (Å²) in [6, 6.07) is 1.72. The molecule has 0 spiro atoms. The Morgan fingerprint density at radius 3 is 2.69 bits per heavy atom. The molecule has 146 valence electrons. The third-order valence-corrected chi connectivity index (χ3v) is 8.53. The molecular weight excluding hydrogens is 356 g/mol. The molecule has 1 saturated heterocycles. The van der Waals surface area contributed by atoms with Gasteiger partial charge in [-0.15, -0.1) is 0 Å². The maximum atomic E-state index is 12.7. The molecule has 1 aliphatic heterocycles. The molecule has 2 fully saturated rings. The quantitative estimate of drug-likeness (QED) is 0.810. The summed E-state index contributed by atoms with van der Waals surface area (Å²) in [6.07, 6.45) is 5.09. The molecule has 2 heterocycles. The molecule has 1 aliphatic carbocycles. The Labute approximate surface area is 154 Å². The summed E-state index contributed by atoms with van der Waals surface area (Å²) >= 11 is 0. The maximum absolute atomic E-state index is 12.7. The Hall–Kier alpha value is -1.41. The fraction of sp³-hybridized carbons (Fsp3) is 0.778. The number of hydrogen-bond acceptors (Lipinski definition) is 6. The van der Waals surface area contributed by atoms with Crippen LogP contribution in [0.4, 0.5) is 5.88 Å². The molecule has 2 aliphatic rings. The van der Waals surface area contributed by atoms with E-state index < -0.39 is 20.5 Å². The number of nitrogens with zero attached hydrogens (tertiary/aromatic N) is 1. The fourth-order valence-corrected chi connectivity index (χ4v) is 5.30. The van der Waals surface area contributed by atoms with Gasteiger partial charge in [-0.3, -0.25) is 10.1 Å². The number of aromatic nitrogens is 1. The number of carbonyl (C=O) groups excluding carboxylic acids is 1. The van der Waals surface area contributed by atoms with E-state index in [2.05, 4.69) is 17.4 Å². The van der Waals surface area contributed by atoms with Crippen LogP contribution in [0.15, 0.2) is 10.6 Å². The predicted molar refractivity (Wildman–Crippen MR) is 97.7 cm³/mol. The maximum Gasteiger partial charge on any atom is 0.247 e. The highest BCUT2D eigenvalue weighted by Crippen LogP contribution is 2.40. The fourth-order valence-electron chi connectivity index (χ4n) is 3.67. The highest BCUT2D eigenvalue weighted by atomic mass is 32.2. The first-order chi connectivity index (χ1) is 12.1. The normalized spacial score (nSPS) is 23.3. The van der Waals surface area contributed by atoms with Crippen molar-refractivity contribution < 1.29 is 22.5 Å². The Bertz CT molecular complexity index is 756. The highest BCUT2D eigenvalue weighted by molar-refractivity contribution is 7.93. The third kappa shape index (κ3) is 3.67. The molecule has 1 atom stereocenters. The molecule has 1 saturated carbocycles. The van der Waals surface area contributed by atoms with Crippen LogP contribution in [-0.2, 0) is 24.8 Å². The number of sulfone groups is 1. The summed E-state index contributed by atoms with van der Waals surface area (Å²) < 4.78 is 34.4. The van der Waals surface area contributed by atoms with E-state index in [0.717, 1.165) is 31.4 Å². The summed E-state index contributed by atoms with van der Waals surface area (Å²) in [5, 5.41) is 6.69. The van der Waals surface area contributed by atoms with Crippen molar-refractivity contribution in [2.75, 3.05) is 24.3 Å². The van der Waals surface area contributed by atoms with Crippen LogP contribution in [0.25, 0.3) is 0 Å². The lowest BCUT2D eigenvalue weighted by Crippen LogP contribution is -2.46. The topological polar surface area (TPSA) is 98.5 Å². The number of nitrogens with one attached hydrogen (secondary N) is 1. The second kappa shape index (κ2) is 6.96. The van der Waals surface area contributed by atoms with Crippen LogP contribution in [0.1, 0.15) is 58.6 Å². The van der Waals surface area contributed by atoms with E-state index in [1.165, 1.54) is 13.8 Å². The molecule has 1 aromatic heterocycles. The highest BCUT2D eigenvalue weighted by Gasteiger charge is 2.44. The van der Waals surface area contributed by atoms with Crippen LogP contribution in [0, 0.1) is 5.92 Å². The van der Waals surface area contributed by atoms with Gasteiger partial charge in [-0.2, -0.15) is 0 Å². The second-order valence-electron chi connectivity index (χ2n) is 8.32. The zero-order chi connectivity index (χ0) is 19.0. The molecule has 26 heavy (non-hydrogen) atoms. The monoisotopic (exact) mass is 384 g/mol. The van der Waals surface area contributed by atoms with Crippen molar-refractivity contribution in [3.63, 3.8) is 0 Å². The molecule has 1 amide bonds. The Morgan fingerprint density at radius 1 is 1.38 bits per heavy atom. The second-order valence-corrected chi connectivity index (χ2v) is 10.9. The lowest BCUT2D eigenvalue weighted by Gasteiger charge is -2.24. The van der Waals surface area contributed by atoms with Gasteiger partial charge in [0.15, 0.2) is 9.84 Å². The van der Waals surface area contributed by atoms with Gasteiger partial charge in [0.1, 0.15) is 4.75 Å². The van der Waals surface area contributed by atoms with Gasteiger partial charge in [-0.05, 0) is 39.0 Å². The molecule has 7 nitrogen and oxygen atoms in total. The van der Waals surface area contributed by atoms with Crippen molar-refractivity contribution in [3.05, 3.63) is 11.8 Å². The van der Waals surface area contributed by atoms with E-state index in [0.29, 0.717) is 19.6 Å². The van der Waals surface area contributed by atoms with Crippen LogP contribution in [0.3, 0.4) is 0 Å². The van der Waals surface area contributed by atoms with Crippen molar-refractivity contribution in [3.8, 4) is 0 Å². The SMILES string of the molecule is CC1(c2cc(NC(=O)C(C)(C)S(=O)(=O)CC3CCOC3)on2)CCCC1. The van der Waals surface area contributed by atoms with Gasteiger partial charge in [0.05, 0.1) is 18.1 Å². The van der Waals surface area contributed by atoms with Gasteiger partial charge >= 0.3 is 0 Å². The Balaban J connectivity index is 1.69. The minimum absolute atomic E-state index is 0.0312. The molecule has 8 heteroatoms. The Morgan fingerprint density at radius 2 is 2.08 bits per heavy atom. The van der Waals surface area contributed by atoms with Crippen molar-refractivity contribution in [1.29, 1.82) is 0 Å². The summed E-state index contributed by atoms with van der Waals surface area (Å²) in [4.78, 5) is 12.7. The molecular formula is C18H28N2O5S. The lowest BCUT2D eigenvalue weighted by molar-refractivity contribution is -0.118. The van der Waals surface area contributed by atoms with Crippen molar-refractivity contribution in [1.82, 2.24) is 5.16 Å². The van der Waals surface area contributed by atoms with Crippen molar-refractivity contribution in [2.45, 2.75) is 63.0 Å². The van der Waals surface area contributed by atoms with E-state index >= 15 is 0 Å². The summed E-state index contributed by atoms with van der Waals surface area (Å²) in [6.45, 7) is 6.01. The zero-order valence-corrected chi connectivity index (χ0v) is 16.5. The van der Waals surface area contributed by atoms with Crippen LogP contribution in [0.5, 0.6) is 0 Å². The number of anilines is 1. The van der Waals surface area contributed by atoms with Gasteiger partial charge in [0.25, 0.3) is 0 Å². The van der Waals surface area contributed by atoms with E-state index in [-0.39, 0.29) is 23.0 Å². The van der Waals surface area contributed by atoms with E-state index in [1.54, 1.807) is 6.07 Å². The van der Waals surface area contributed by atoms with Crippen molar-refractivity contribution in [2.24, 2.45) is 5.92 Å². The molecule has 0 bridgehead atoms. The van der Waals surface area contributed by atoms with Crippen LogP contribution >= 0.6 is 0 Å². The lowest BCUT2D eigenvalue weighted by atomic mass is 9.85. The molecule has 1 unspecified atom stereocenters. The summed E-state index contributed by atoms with van der Waals surface area (Å²) in [5.41, 5.74) is 0.783. The molecule has 0 radical (unpaired) electrons. The number of amides is 1. The number of hydrogen-bond donors (Lipinski definition) is 1. The van der Waals surface area contributed by atoms with E-state index in [1.807, 2.05) is 0 Å². The summed E-state index contributed by atoms with van der Waals surface area (Å²) in [5.74, 6) is -0.500. The first kappa shape index (κ1) is 19.4. The average Bonchev–Trinajstić information content (AvgIpc) is 3.29. The standard InChI is InChI=1S/C18H28N2O5S/c1-17(2,26(22,23)12-13-6-9-24-11-13)16(21)19-15-10-14(20-25-15)18(3)7-4-5-8-18/h10,13H,4-9,11-12H2,1-3H3,(H,19,21). The first-order valence-corrected chi connectivity index (χ1v) is 10.9. The van der Waals surface area contributed by atoms with Gasteiger partial charge in [0, 0.05) is 18.1 Å². The number of ether oxygens (including phenoxy) is 1. The van der Waals surface area contributed by atoms with Gasteiger partial charge < -0.3 is 9.26 Å². The van der Waals surface area contributed by atoms with E-state index in [4.69, 9.17) is 9.26 Å². The van der Waals surface area contributed by atoms with Crippen molar-refractivity contribution >= 4 is 21.6 Å². The van der Waals surface area contributed by atoms with Gasteiger partial charge in [-0.1, -0.05) is 24.9 Å². The predicted octanol–water partition coefficient (Wildman–Crippen LogP) is 2.67. The van der Waals surface area contributed by atoms with Crippen LogP contribution in [-0.4, -0.2) is 43.2 Å². The number of carbonyl (C=O) groups is 1. The average molecular weight is 384 g/mol. The molecule has 1 N–H and O–H groups in total. The molecule has 0 aromatic carbocycles. The van der Waals surface area contributed by atoms with Crippen LogP contribution < -0.4 is 5.32 Å². The zero-order valence-electron chi connectivity index (χ0n) is 15.7.